The molecule has 0 unspecified atom stereocenters. The zero-order valence-electron chi connectivity index (χ0n) is 14.5. The Morgan fingerprint density at radius 3 is 2.37 bits per heavy atom. The van der Waals surface area contributed by atoms with Crippen LogP contribution in [0.4, 0.5) is 0 Å². The van der Waals surface area contributed by atoms with Gasteiger partial charge in [-0.25, -0.2) is 0 Å². The maximum Gasteiger partial charge on any atom is 0.192 e. The van der Waals surface area contributed by atoms with Crippen LogP contribution in [0.2, 0.25) is 0 Å². The molecule has 0 saturated heterocycles. The molecule has 0 atom stereocenters. The fraction of sp³-hybridized carbons (Fsp3) is 0.0476. The van der Waals surface area contributed by atoms with Crippen molar-refractivity contribution in [3.8, 4) is 11.3 Å². The van der Waals surface area contributed by atoms with Gasteiger partial charge in [0.2, 0.25) is 0 Å². The van der Waals surface area contributed by atoms with Crippen LogP contribution in [0.1, 0.15) is 11.4 Å². The molecule has 6 heteroatoms. The number of hydrogen-bond acceptors (Lipinski definition) is 4. The van der Waals surface area contributed by atoms with Crippen LogP contribution in [0.25, 0.3) is 11.3 Å². The van der Waals surface area contributed by atoms with Gasteiger partial charge in [0, 0.05) is 17.8 Å². The molecule has 3 heterocycles. The SMILES string of the molecule is N=C(N=c1scc(-c2ccccc2)n1Cc1ccccn1)c1ccccn1. The van der Waals surface area contributed by atoms with Crippen LogP contribution in [0.3, 0.4) is 0 Å². The van der Waals surface area contributed by atoms with Crippen molar-refractivity contribution in [2.24, 2.45) is 4.99 Å². The first-order chi connectivity index (χ1) is 13.3. The number of thiazole rings is 1. The van der Waals surface area contributed by atoms with Crippen molar-refractivity contribution in [2.45, 2.75) is 6.54 Å². The van der Waals surface area contributed by atoms with Gasteiger partial charge in [0.25, 0.3) is 0 Å². The van der Waals surface area contributed by atoms with Crippen LogP contribution in [-0.2, 0) is 6.54 Å². The van der Waals surface area contributed by atoms with Crippen molar-refractivity contribution in [1.29, 1.82) is 5.41 Å². The van der Waals surface area contributed by atoms with E-state index in [1.165, 1.54) is 11.3 Å². The molecule has 0 radical (unpaired) electrons. The Labute approximate surface area is 160 Å². The van der Waals surface area contributed by atoms with Crippen molar-refractivity contribution in [3.63, 3.8) is 0 Å². The Morgan fingerprint density at radius 2 is 1.67 bits per heavy atom. The number of benzene rings is 1. The number of amidine groups is 1. The van der Waals surface area contributed by atoms with Gasteiger partial charge < -0.3 is 4.57 Å². The quantitative estimate of drug-likeness (QED) is 0.435. The van der Waals surface area contributed by atoms with Crippen LogP contribution in [-0.4, -0.2) is 20.4 Å². The summed E-state index contributed by atoms with van der Waals surface area (Å²) in [6.07, 6.45) is 3.46. The molecule has 0 aliphatic carbocycles. The van der Waals surface area contributed by atoms with Gasteiger partial charge in [-0.05, 0) is 29.8 Å². The van der Waals surface area contributed by atoms with E-state index in [1.54, 1.807) is 18.5 Å². The third kappa shape index (κ3) is 3.91. The van der Waals surface area contributed by atoms with E-state index in [-0.39, 0.29) is 5.84 Å². The molecule has 0 saturated carbocycles. The lowest BCUT2D eigenvalue weighted by molar-refractivity contribution is 0.758. The van der Waals surface area contributed by atoms with E-state index in [9.17, 15) is 0 Å². The first-order valence-corrected chi connectivity index (χ1v) is 9.37. The summed E-state index contributed by atoms with van der Waals surface area (Å²) in [6, 6.07) is 21.5. The van der Waals surface area contributed by atoms with Crippen LogP contribution in [0, 0.1) is 5.41 Å². The van der Waals surface area contributed by atoms with E-state index in [0.717, 1.165) is 21.8 Å². The summed E-state index contributed by atoms with van der Waals surface area (Å²) in [5, 5.41) is 10.4. The van der Waals surface area contributed by atoms with Crippen LogP contribution in [0.15, 0.2) is 89.5 Å². The minimum atomic E-state index is 0.145. The fourth-order valence-corrected chi connectivity index (χ4v) is 3.64. The topological polar surface area (TPSA) is 66.9 Å². The van der Waals surface area contributed by atoms with Crippen LogP contribution in [0.5, 0.6) is 0 Å². The number of hydrogen-bond donors (Lipinski definition) is 1. The van der Waals surface area contributed by atoms with E-state index >= 15 is 0 Å². The highest BCUT2D eigenvalue weighted by molar-refractivity contribution is 7.07. The third-order valence-corrected chi connectivity index (χ3v) is 4.89. The smallest absolute Gasteiger partial charge is 0.192 e. The van der Waals surface area contributed by atoms with Crippen molar-refractivity contribution < 1.29 is 0 Å². The van der Waals surface area contributed by atoms with Crippen molar-refractivity contribution >= 4 is 17.2 Å². The largest absolute Gasteiger partial charge is 0.310 e. The molecule has 4 aromatic rings. The van der Waals surface area contributed by atoms with E-state index in [0.29, 0.717) is 12.2 Å². The summed E-state index contributed by atoms with van der Waals surface area (Å²) < 4.78 is 2.10. The van der Waals surface area contributed by atoms with E-state index in [2.05, 4.69) is 37.0 Å². The summed E-state index contributed by atoms with van der Waals surface area (Å²) in [7, 11) is 0. The molecule has 0 fully saturated rings. The second-order valence-corrected chi connectivity index (χ2v) is 6.69. The second-order valence-electron chi connectivity index (χ2n) is 5.85. The number of nitrogens with zero attached hydrogens (tertiary/aromatic N) is 4. The molecule has 3 aromatic heterocycles. The van der Waals surface area contributed by atoms with Gasteiger partial charge in [-0.15, -0.1) is 11.3 Å². The molecule has 0 aliphatic rings. The van der Waals surface area contributed by atoms with Gasteiger partial charge in [0.05, 0.1) is 17.9 Å². The molecular formula is C21H17N5S. The lowest BCUT2D eigenvalue weighted by Crippen LogP contribution is -2.19. The molecular weight excluding hydrogens is 354 g/mol. The van der Waals surface area contributed by atoms with Gasteiger partial charge >= 0.3 is 0 Å². The maximum absolute atomic E-state index is 8.31. The first-order valence-electron chi connectivity index (χ1n) is 8.49. The molecule has 1 N–H and O–H groups in total. The summed E-state index contributed by atoms with van der Waals surface area (Å²) in [6.45, 7) is 0.586. The number of nitrogens with one attached hydrogen (secondary N) is 1. The number of rotatable bonds is 4. The van der Waals surface area contributed by atoms with E-state index in [4.69, 9.17) is 5.41 Å². The minimum Gasteiger partial charge on any atom is -0.310 e. The summed E-state index contributed by atoms with van der Waals surface area (Å²) >= 11 is 1.51. The predicted octanol–water partition coefficient (Wildman–Crippen LogP) is 3.98. The molecule has 0 aliphatic heterocycles. The molecule has 27 heavy (non-hydrogen) atoms. The third-order valence-electron chi connectivity index (χ3n) is 4.03. The Balaban J connectivity index is 1.81. The molecule has 1 aromatic carbocycles. The average Bonchev–Trinajstić information content (AvgIpc) is 3.12. The Hall–Kier alpha value is -3.38. The molecule has 5 nitrogen and oxygen atoms in total. The Bertz CT molecular complexity index is 1100. The molecule has 0 spiro atoms. The highest BCUT2D eigenvalue weighted by Crippen LogP contribution is 2.20. The first kappa shape index (κ1) is 17.1. The highest BCUT2D eigenvalue weighted by Gasteiger charge is 2.10. The molecule has 0 amide bonds. The van der Waals surface area contributed by atoms with Gasteiger partial charge in [-0.3, -0.25) is 15.4 Å². The Morgan fingerprint density at radius 1 is 0.926 bits per heavy atom. The van der Waals surface area contributed by atoms with Gasteiger partial charge in [0.1, 0.15) is 5.69 Å². The predicted molar refractivity (Wildman–Crippen MR) is 108 cm³/mol. The molecule has 4 rings (SSSR count). The summed E-state index contributed by atoms with van der Waals surface area (Å²) in [5.74, 6) is 0.145. The van der Waals surface area contributed by atoms with Gasteiger partial charge in [0.15, 0.2) is 10.6 Å². The average molecular weight is 371 g/mol. The molecule has 0 bridgehead atoms. The number of aromatic nitrogens is 3. The zero-order valence-corrected chi connectivity index (χ0v) is 15.3. The normalized spacial score (nSPS) is 11.5. The van der Waals surface area contributed by atoms with Crippen molar-refractivity contribution in [1.82, 2.24) is 14.5 Å². The zero-order chi connectivity index (χ0) is 18.5. The Kier molecular flexibility index (Phi) is 4.98. The highest BCUT2D eigenvalue weighted by atomic mass is 32.1. The van der Waals surface area contributed by atoms with Gasteiger partial charge in [-0.2, -0.15) is 4.99 Å². The van der Waals surface area contributed by atoms with Crippen molar-refractivity contribution in [3.05, 3.63) is 101 Å². The lowest BCUT2D eigenvalue weighted by atomic mass is 10.2. The second kappa shape index (κ2) is 7.88. The van der Waals surface area contributed by atoms with E-state index < -0.39 is 0 Å². The minimum absolute atomic E-state index is 0.145. The summed E-state index contributed by atoms with van der Waals surface area (Å²) in [4.78, 5) is 14.0. The number of pyridine rings is 2. The molecule has 132 valence electrons. The van der Waals surface area contributed by atoms with Gasteiger partial charge in [-0.1, -0.05) is 42.5 Å². The lowest BCUT2D eigenvalue weighted by Gasteiger charge is -2.09. The van der Waals surface area contributed by atoms with E-state index in [1.807, 2.05) is 48.5 Å². The van der Waals surface area contributed by atoms with Crippen molar-refractivity contribution in [2.75, 3.05) is 0 Å². The van der Waals surface area contributed by atoms with Crippen LogP contribution < -0.4 is 4.80 Å². The maximum atomic E-state index is 8.31. The monoisotopic (exact) mass is 371 g/mol. The van der Waals surface area contributed by atoms with Crippen LogP contribution >= 0.6 is 11.3 Å². The summed E-state index contributed by atoms with van der Waals surface area (Å²) in [5.41, 5.74) is 3.66. The fourth-order valence-electron chi connectivity index (χ4n) is 2.72. The standard InChI is InChI=1S/C21H17N5S/c22-20(18-11-5-7-13-24-18)25-21-26(14-17-10-4-6-12-23-17)19(15-27-21)16-8-2-1-3-9-16/h1-13,15,22H,14H2.